The Morgan fingerprint density at radius 3 is 2.41 bits per heavy atom. The summed E-state index contributed by atoms with van der Waals surface area (Å²) >= 11 is 0. The van der Waals surface area contributed by atoms with Crippen molar-refractivity contribution in [3.63, 3.8) is 0 Å². The van der Waals surface area contributed by atoms with Gasteiger partial charge in [0.2, 0.25) is 0 Å². The SMILES string of the molecule is Cc1cccc(CCC(CN)C(F)(F)F)c1C. The molecule has 0 spiro atoms. The Morgan fingerprint density at radius 2 is 1.88 bits per heavy atom. The second-order valence-corrected chi connectivity index (χ2v) is 4.37. The highest BCUT2D eigenvalue weighted by molar-refractivity contribution is 5.33. The molecule has 1 aromatic carbocycles. The topological polar surface area (TPSA) is 26.0 Å². The molecule has 0 aliphatic carbocycles. The molecule has 1 atom stereocenters. The van der Waals surface area contributed by atoms with Crippen LogP contribution in [0.1, 0.15) is 23.1 Å². The van der Waals surface area contributed by atoms with Gasteiger partial charge in [-0.2, -0.15) is 13.2 Å². The van der Waals surface area contributed by atoms with E-state index in [0.29, 0.717) is 6.42 Å². The van der Waals surface area contributed by atoms with Crippen molar-refractivity contribution in [1.29, 1.82) is 0 Å². The van der Waals surface area contributed by atoms with Gasteiger partial charge >= 0.3 is 6.18 Å². The Labute approximate surface area is 99.8 Å². The van der Waals surface area contributed by atoms with E-state index in [1.165, 1.54) is 0 Å². The van der Waals surface area contributed by atoms with Gasteiger partial charge in [-0.05, 0) is 43.4 Å². The molecule has 0 aliphatic rings. The Hall–Kier alpha value is -1.03. The average Bonchev–Trinajstić information content (AvgIpc) is 2.23. The number of hydrogen-bond donors (Lipinski definition) is 1. The molecule has 1 unspecified atom stereocenters. The molecule has 1 rings (SSSR count). The number of benzene rings is 1. The summed E-state index contributed by atoms with van der Waals surface area (Å²) in [5.41, 5.74) is 8.33. The van der Waals surface area contributed by atoms with Crippen molar-refractivity contribution in [2.45, 2.75) is 32.9 Å². The van der Waals surface area contributed by atoms with E-state index in [0.717, 1.165) is 16.7 Å². The second-order valence-electron chi connectivity index (χ2n) is 4.37. The zero-order chi connectivity index (χ0) is 13.1. The van der Waals surface area contributed by atoms with E-state index in [1.54, 1.807) is 0 Å². The zero-order valence-electron chi connectivity index (χ0n) is 10.1. The lowest BCUT2D eigenvalue weighted by Gasteiger charge is -2.19. The minimum Gasteiger partial charge on any atom is -0.330 e. The van der Waals surface area contributed by atoms with Gasteiger partial charge in [-0.25, -0.2) is 0 Å². The van der Waals surface area contributed by atoms with Gasteiger partial charge in [-0.3, -0.25) is 0 Å². The van der Waals surface area contributed by atoms with Gasteiger partial charge in [0.25, 0.3) is 0 Å². The van der Waals surface area contributed by atoms with Gasteiger partial charge in [-0.15, -0.1) is 0 Å². The lowest BCUT2D eigenvalue weighted by molar-refractivity contribution is -0.173. The van der Waals surface area contributed by atoms with Crippen molar-refractivity contribution >= 4 is 0 Å². The number of rotatable bonds is 4. The van der Waals surface area contributed by atoms with E-state index in [1.807, 2.05) is 32.0 Å². The molecule has 0 bridgehead atoms. The number of nitrogens with two attached hydrogens (primary N) is 1. The third-order valence-corrected chi connectivity index (χ3v) is 3.23. The molecular weight excluding hydrogens is 227 g/mol. The largest absolute Gasteiger partial charge is 0.393 e. The standard InChI is InChI=1S/C13H18F3N/c1-9-4-3-5-11(10(9)2)6-7-12(8-17)13(14,15)16/h3-5,12H,6-8,17H2,1-2H3. The van der Waals surface area contributed by atoms with E-state index >= 15 is 0 Å². The number of alkyl halides is 3. The van der Waals surface area contributed by atoms with Crippen LogP contribution >= 0.6 is 0 Å². The van der Waals surface area contributed by atoms with Crippen LogP contribution in [0, 0.1) is 19.8 Å². The fourth-order valence-corrected chi connectivity index (χ4v) is 1.83. The summed E-state index contributed by atoms with van der Waals surface area (Å²) < 4.78 is 37.6. The van der Waals surface area contributed by atoms with Crippen LogP contribution < -0.4 is 5.73 Å². The smallest absolute Gasteiger partial charge is 0.330 e. The van der Waals surface area contributed by atoms with Crippen LogP contribution in [0.2, 0.25) is 0 Å². The van der Waals surface area contributed by atoms with Crippen LogP contribution in [-0.4, -0.2) is 12.7 Å². The third-order valence-electron chi connectivity index (χ3n) is 3.23. The highest BCUT2D eigenvalue weighted by Gasteiger charge is 2.37. The second kappa shape index (κ2) is 5.54. The van der Waals surface area contributed by atoms with E-state index in [4.69, 9.17) is 5.73 Å². The molecule has 0 saturated heterocycles. The predicted octanol–water partition coefficient (Wildman–Crippen LogP) is 3.37. The fraction of sp³-hybridized carbons (Fsp3) is 0.538. The molecular formula is C13H18F3N. The van der Waals surface area contributed by atoms with Crippen LogP contribution in [0.25, 0.3) is 0 Å². The molecule has 96 valence electrons. The molecule has 0 radical (unpaired) electrons. The van der Waals surface area contributed by atoms with E-state index < -0.39 is 12.1 Å². The first kappa shape index (κ1) is 14.0. The molecule has 0 heterocycles. The quantitative estimate of drug-likeness (QED) is 0.864. The van der Waals surface area contributed by atoms with Gasteiger partial charge in [0, 0.05) is 6.54 Å². The summed E-state index contributed by atoms with van der Waals surface area (Å²) in [6.07, 6.45) is -3.70. The lowest BCUT2D eigenvalue weighted by atomic mass is 9.95. The van der Waals surface area contributed by atoms with Crippen LogP contribution in [-0.2, 0) is 6.42 Å². The summed E-state index contributed by atoms with van der Waals surface area (Å²) in [7, 11) is 0. The summed E-state index contributed by atoms with van der Waals surface area (Å²) in [5.74, 6) is -1.40. The van der Waals surface area contributed by atoms with Gasteiger partial charge in [0.15, 0.2) is 0 Å². The molecule has 0 aromatic heterocycles. The van der Waals surface area contributed by atoms with Crippen molar-refractivity contribution in [2.75, 3.05) is 6.54 Å². The van der Waals surface area contributed by atoms with Gasteiger partial charge in [0.05, 0.1) is 5.92 Å². The minimum atomic E-state index is -4.19. The maximum atomic E-state index is 12.5. The molecule has 4 heteroatoms. The van der Waals surface area contributed by atoms with Crippen molar-refractivity contribution < 1.29 is 13.2 Å². The van der Waals surface area contributed by atoms with Crippen molar-refractivity contribution in [2.24, 2.45) is 11.7 Å². The van der Waals surface area contributed by atoms with Crippen LogP contribution in [0.15, 0.2) is 18.2 Å². The molecule has 1 nitrogen and oxygen atoms in total. The maximum absolute atomic E-state index is 12.5. The Morgan fingerprint density at radius 1 is 1.24 bits per heavy atom. The van der Waals surface area contributed by atoms with Crippen LogP contribution in [0.5, 0.6) is 0 Å². The summed E-state index contributed by atoms with van der Waals surface area (Å²) in [5, 5.41) is 0. The lowest BCUT2D eigenvalue weighted by Crippen LogP contribution is -2.30. The monoisotopic (exact) mass is 245 g/mol. The predicted molar refractivity (Wildman–Crippen MR) is 62.8 cm³/mol. The Kier molecular flexibility index (Phi) is 4.57. The Balaban J connectivity index is 2.70. The van der Waals surface area contributed by atoms with E-state index in [-0.39, 0.29) is 13.0 Å². The molecule has 0 saturated carbocycles. The molecule has 0 aliphatic heterocycles. The first-order valence-corrected chi connectivity index (χ1v) is 5.68. The maximum Gasteiger partial charge on any atom is 0.393 e. The Bertz CT molecular complexity index is 371. The van der Waals surface area contributed by atoms with Crippen LogP contribution in [0.3, 0.4) is 0 Å². The van der Waals surface area contributed by atoms with Crippen molar-refractivity contribution in [3.05, 3.63) is 34.9 Å². The van der Waals surface area contributed by atoms with E-state index in [9.17, 15) is 13.2 Å². The average molecular weight is 245 g/mol. The van der Waals surface area contributed by atoms with Crippen molar-refractivity contribution in [3.8, 4) is 0 Å². The van der Waals surface area contributed by atoms with Crippen molar-refractivity contribution in [1.82, 2.24) is 0 Å². The molecule has 1 aromatic rings. The highest BCUT2D eigenvalue weighted by Crippen LogP contribution is 2.29. The van der Waals surface area contributed by atoms with Crippen LogP contribution in [0.4, 0.5) is 13.2 Å². The first-order valence-electron chi connectivity index (χ1n) is 5.68. The fourth-order valence-electron chi connectivity index (χ4n) is 1.83. The third kappa shape index (κ3) is 3.73. The first-order chi connectivity index (χ1) is 7.86. The normalized spacial score (nSPS) is 13.8. The van der Waals surface area contributed by atoms with Gasteiger partial charge in [0.1, 0.15) is 0 Å². The summed E-state index contributed by atoms with van der Waals surface area (Å²) in [4.78, 5) is 0. The number of halogens is 3. The van der Waals surface area contributed by atoms with Gasteiger partial charge < -0.3 is 5.73 Å². The summed E-state index contributed by atoms with van der Waals surface area (Å²) in [6.45, 7) is 3.56. The molecule has 2 N–H and O–H groups in total. The number of aryl methyl sites for hydroxylation is 2. The number of hydrogen-bond acceptors (Lipinski definition) is 1. The van der Waals surface area contributed by atoms with E-state index in [2.05, 4.69) is 0 Å². The minimum absolute atomic E-state index is 0.0598. The molecule has 0 amide bonds. The highest BCUT2D eigenvalue weighted by atomic mass is 19.4. The van der Waals surface area contributed by atoms with Gasteiger partial charge in [-0.1, -0.05) is 18.2 Å². The molecule has 17 heavy (non-hydrogen) atoms. The summed E-state index contributed by atoms with van der Waals surface area (Å²) in [6, 6.07) is 5.72. The zero-order valence-corrected chi connectivity index (χ0v) is 10.1. The molecule has 0 fully saturated rings.